The van der Waals surface area contributed by atoms with Gasteiger partial charge in [-0.15, -0.1) is 10.2 Å². The SMILES string of the molecule is COc1nnc(N2CC(C)(C)c3c(N4CCN(C(=O)[C@]5(C)CCS5=O)C(C)C4)ncnc32)cc1C#N. The summed E-state index contributed by atoms with van der Waals surface area (Å²) in [6, 6.07) is 3.73. The van der Waals surface area contributed by atoms with Crippen molar-refractivity contribution in [3.05, 3.63) is 23.5 Å². The first-order valence-corrected chi connectivity index (χ1v) is 13.3. The molecule has 0 spiro atoms. The van der Waals surface area contributed by atoms with E-state index in [1.807, 2.05) is 23.6 Å². The van der Waals surface area contributed by atoms with Gasteiger partial charge in [-0.25, -0.2) is 9.97 Å². The van der Waals surface area contributed by atoms with Crippen molar-refractivity contribution in [2.75, 3.05) is 48.8 Å². The number of ether oxygens (including phenoxy) is 1. The Morgan fingerprint density at radius 1 is 1.22 bits per heavy atom. The van der Waals surface area contributed by atoms with Crippen LogP contribution in [-0.2, 0) is 21.0 Å². The average Bonchev–Trinajstić information content (AvgIpc) is 3.17. The number of fused-ring (bicyclic) bond motifs is 1. The number of methoxy groups -OCH3 is 1. The molecule has 5 heterocycles. The van der Waals surface area contributed by atoms with Crippen molar-refractivity contribution in [2.24, 2.45) is 0 Å². The minimum absolute atomic E-state index is 0.00923. The van der Waals surface area contributed by atoms with Gasteiger partial charge in [-0.3, -0.25) is 9.00 Å². The average molecular weight is 511 g/mol. The van der Waals surface area contributed by atoms with Crippen molar-refractivity contribution >= 4 is 34.2 Å². The molecular weight excluding hydrogens is 480 g/mol. The topological polar surface area (TPSA) is 128 Å². The summed E-state index contributed by atoms with van der Waals surface area (Å²) in [7, 11) is 0.363. The molecule has 2 saturated heterocycles. The molecule has 1 amide bonds. The van der Waals surface area contributed by atoms with Gasteiger partial charge in [0.1, 0.15) is 34.3 Å². The van der Waals surface area contributed by atoms with Crippen LogP contribution in [0.4, 0.5) is 17.5 Å². The van der Waals surface area contributed by atoms with Gasteiger partial charge in [0.15, 0.2) is 5.82 Å². The molecule has 3 aliphatic heterocycles. The van der Waals surface area contributed by atoms with Gasteiger partial charge in [0, 0.05) is 65.8 Å². The predicted molar refractivity (Wildman–Crippen MR) is 135 cm³/mol. The fourth-order valence-corrected chi connectivity index (χ4v) is 6.64. The Morgan fingerprint density at radius 3 is 2.58 bits per heavy atom. The van der Waals surface area contributed by atoms with Crippen LogP contribution >= 0.6 is 0 Å². The van der Waals surface area contributed by atoms with E-state index in [9.17, 15) is 14.3 Å². The predicted octanol–water partition coefficient (Wildman–Crippen LogP) is 1.52. The Hall–Kier alpha value is -3.33. The minimum Gasteiger partial charge on any atom is -0.479 e. The van der Waals surface area contributed by atoms with Gasteiger partial charge in [-0.2, -0.15) is 5.26 Å². The highest BCUT2D eigenvalue weighted by Gasteiger charge is 2.50. The van der Waals surface area contributed by atoms with Crippen LogP contribution < -0.4 is 14.5 Å². The number of anilines is 3. The van der Waals surface area contributed by atoms with Crippen molar-refractivity contribution < 1.29 is 13.7 Å². The third-order valence-corrected chi connectivity index (χ3v) is 9.50. The van der Waals surface area contributed by atoms with Crippen LogP contribution in [-0.4, -0.2) is 85.0 Å². The number of carbonyl (C=O) groups excluding carboxylic acids is 1. The normalized spacial score (nSPS) is 26.7. The number of nitrogens with zero attached hydrogens (tertiary/aromatic N) is 8. The Labute approximate surface area is 212 Å². The molecule has 0 aliphatic carbocycles. The van der Waals surface area contributed by atoms with Crippen molar-refractivity contribution in [1.29, 1.82) is 5.26 Å². The van der Waals surface area contributed by atoms with Gasteiger partial charge in [-0.1, -0.05) is 13.8 Å². The smallest absolute Gasteiger partial charge is 0.251 e. The van der Waals surface area contributed by atoms with Gasteiger partial charge < -0.3 is 19.4 Å². The molecule has 12 heteroatoms. The molecule has 0 bridgehead atoms. The Morgan fingerprint density at radius 2 is 1.97 bits per heavy atom. The molecule has 3 aliphatic rings. The number of aromatic nitrogens is 4. The molecule has 190 valence electrons. The molecule has 5 rings (SSSR count). The fourth-order valence-electron chi connectivity index (χ4n) is 5.34. The van der Waals surface area contributed by atoms with Crippen LogP contribution in [0.5, 0.6) is 5.88 Å². The van der Waals surface area contributed by atoms with Gasteiger partial charge in [0.25, 0.3) is 5.88 Å². The van der Waals surface area contributed by atoms with E-state index in [0.29, 0.717) is 49.7 Å². The number of amides is 1. The van der Waals surface area contributed by atoms with Crippen molar-refractivity contribution in [3.8, 4) is 11.9 Å². The molecule has 36 heavy (non-hydrogen) atoms. The Kier molecular flexibility index (Phi) is 5.86. The third kappa shape index (κ3) is 3.68. The summed E-state index contributed by atoms with van der Waals surface area (Å²) in [5.74, 6) is 2.87. The number of hydrogen-bond acceptors (Lipinski definition) is 10. The van der Waals surface area contributed by atoms with Crippen molar-refractivity contribution in [1.82, 2.24) is 25.1 Å². The highest BCUT2D eigenvalue weighted by molar-refractivity contribution is 7.88. The third-order valence-electron chi connectivity index (χ3n) is 7.54. The molecular formula is C24H30N8O3S. The molecule has 2 aromatic heterocycles. The van der Waals surface area contributed by atoms with Gasteiger partial charge in [0.05, 0.1) is 7.11 Å². The van der Waals surface area contributed by atoms with E-state index < -0.39 is 15.5 Å². The lowest BCUT2D eigenvalue weighted by Crippen LogP contribution is -2.63. The maximum Gasteiger partial charge on any atom is 0.251 e. The van der Waals surface area contributed by atoms with Gasteiger partial charge in [0.2, 0.25) is 5.91 Å². The zero-order valence-electron chi connectivity index (χ0n) is 21.2. The minimum atomic E-state index is -1.09. The van der Waals surface area contributed by atoms with Crippen LogP contribution in [0.25, 0.3) is 0 Å². The number of carbonyl (C=O) groups is 1. The lowest BCUT2D eigenvalue weighted by Gasteiger charge is -2.46. The first-order chi connectivity index (χ1) is 17.1. The molecule has 2 unspecified atom stereocenters. The quantitative estimate of drug-likeness (QED) is 0.597. The maximum absolute atomic E-state index is 13.2. The molecule has 0 N–H and O–H groups in total. The standard InChI is InChI=1S/C24H30N8O3S/c1-15-12-30(7-8-31(15)22(33)24(4)6-9-36(24)34)19-18-20(27-14-26-19)32(13-23(18,2)3)17-10-16(11-25)21(35-5)29-28-17/h10,14-15H,6-9,12-13H2,1-5H3/t15?,24-,36?/m0/s1. The second kappa shape index (κ2) is 8.65. The maximum atomic E-state index is 13.2. The summed E-state index contributed by atoms with van der Waals surface area (Å²) in [4.78, 5) is 28.5. The summed E-state index contributed by atoms with van der Waals surface area (Å²) in [6.07, 6.45) is 2.22. The van der Waals surface area contributed by atoms with Crippen LogP contribution in [0, 0.1) is 11.3 Å². The molecule has 0 aromatic carbocycles. The van der Waals surface area contributed by atoms with E-state index in [1.54, 1.807) is 12.4 Å². The molecule has 2 aromatic rings. The lowest BCUT2D eigenvalue weighted by molar-refractivity contribution is -0.136. The van der Waals surface area contributed by atoms with Crippen LogP contribution in [0.3, 0.4) is 0 Å². The summed E-state index contributed by atoms with van der Waals surface area (Å²) < 4.78 is 16.6. The van der Waals surface area contributed by atoms with E-state index in [-0.39, 0.29) is 23.2 Å². The van der Waals surface area contributed by atoms with Gasteiger partial charge in [-0.05, 0) is 20.3 Å². The van der Waals surface area contributed by atoms with E-state index in [1.165, 1.54) is 7.11 Å². The number of piperazine rings is 1. The lowest BCUT2D eigenvalue weighted by atomic mass is 9.87. The Bertz CT molecular complexity index is 1290. The largest absolute Gasteiger partial charge is 0.479 e. The van der Waals surface area contributed by atoms with E-state index >= 15 is 0 Å². The molecule has 0 saturated carbocycles. The van der Waals surface area contributed by atoms with E-state index in [0.717, 1.165) is 17.2 Å². The second-order valence-electron chi connectivity index (χ2n) is 10.4. The molecule has 0 radical (unpaired) electrons. The molecule has 2 fully saturated rings. The first kappa shape index (κ1) is 24.4. The Balaban J connectivity index is 1.44. The summed E-state index contributed by atoms with van der Waals surface area (Å²) in [5.41, 5.74) is 1.01. The van der Waals surface area contributed by atoms with Crippen LogP contribution in [0.2, 0.25) is 0 Å². The zero-order chi connectivity index (χ0) is 25.8. The van der Waals surface area contributed by atoms with Gasteiger partial charge >= 0.3 is 0 Å². The molecule has 11 nitrogen and oxygen atoms in total. The van der Waals surface area contributed by atoms with Crippen LogP contribution in [0.15, 0.2) is 12.4 Å². The van der Waals surface area contributed by atoms with Crippen molar-refractivity contribution in [2.45, 2.75) is 50.3 Å². The van der Waals surface area contributed by atoms with Crippen LogP contribution in [0.1, 0.15) is 45.2 Å². The summed E-state index contributed by atoms with van der Waals surface area (Å²) in [6.45, 7) is 10.5. The first-order valence-electron chi connectivity index (χ1n) is 12.0. The fraction of sp³-hybridized carbons (Fsp3) is 0.583. The zero-order valence-corrected chi connectivity index (χ0v) is 22.0. The highest BCUT2D eigenvalue weighted by atomic mass is 32.2. The van der Waals surface area contributed by atoms with E-state index in [4.69, 9.17) is 4.74 Å². The second-order valence-corrected chi connectivity index (χ2v) is 12.4. The number of rotatable bonds is 4. The van der Waals surface area contributed by atoms with E-state index in [2.05, 4.69) is 45.0 Å². The number of hydrogen-bond donors (Lipinski definition) is 0. The number of nitriles is 1. The molecule has 3 atom stereocenters. The summed E-state index contributed by atoms with van der Waals surface area (Å²) >= 11 is 0. The highest BCUT2D eigenvalue weighted by Crippen LogP contribution is 2.46. The monoisotopic (exact) mass is 510 g/mol. The summed E-state index contributed by atoms with van der Waals surface area (Å²) in [5, 5.41) is 17.9. The van der Waals surface area contributed by atoms with Crippen molar-refractivity contribution in [3.63, 3.8) is 0 Å².